The second kappa shape index (κ2) is 9.51. The summed E-state index contributed by atoms with van der Waals surface area (Å²) in [5.74, 6) is 1.56. The van der Waals surface area contributed by atoms with Crippen molar-refractivity contribution in [3.05, 3.63) is 65.9 Å². The van der Waals surface area contributed by atoms with Crippen LogP contribution >= 0.6 is 24.0 Å². The maximum absolute atomic E-state index is 13.5. The lowest BCUT2D eigenvalue weighted by Crippen LogP contribution is -2.41. The third-order valence-electron chi connectivity index (χ3n) is 5.36. The van der Waals surface area contributed by atoms with Gasteiger partial charge >= 0.3 is 0 Å². The van der Waals surface area contributed by atoms with E-state index in [1.54, 1.807) is 19.2 Å². The smallest absolute Gasteiger partial charge is 0.191 e. The topological polar surface area (TPSA) is 66.6 Å². The Balaban J connectivity index is 0.00000240. The summed E-state index contributed by atoms with van der Waals surface area (Å²) in [6.45, 7) is 1.54. The molecule has 1 fully saturated rings. The normalized spacial score (nSPS) is 15.0. The van der Waals surface area contributed by atoms with E-state index in [1.807, 2.05) is 34.9 Å². The van der Waals surface area contributed by atoms with Crippen molar-refractivity contribution in [3.8, 4) is 0 Å². The molecule has 2 heterocycles. The number of hydrogen-bond donors (Lipinski definition) is 2. The number of nitrogens with one attached hydrogen (secondary N) is 2. The first-order chi connectivity index (χ1) is 13.7. The van der Waals surface area contributed by atoms with Crippen LogP contribution in [0, 0.1) is 5.82 Å². The van der Waals surface area contributed by atoms with E-state index in [9.17, 15) is 4.39 Å². The van der Waals surface area contributed by atoms with Crippen LogP contribution in [-0.2, 0) is 11.8 Å². The van der Waals surface area contributed by atoms with Gasteiger partial charge in [-0.1, -0.05) is 18.2 Å². The molecule has 0 saturated heterocycles. The molecule has 8 heteroatoms. The fourth-order valence-electron chi connectivity index (χ4n) is 3.52. The number of halogens is 2. The van der Waals surface area contributed by atoms with Gasteiger partial charge in [0.1, 0.15) is 11.6 Å². The highest BCUT2D eigenvalue weighted by molar-refractivity contribution is 14.0. The number of aliphatic imine (C=N–C) groups is 1. The van der Waals surface area contributed by atoms with E-state index in [0.717, 1.165) is 61.8 Å². The fourth-order valence-corrected chi connectivity index (χ4v) is 3.52. The van der Waals surface area contributed by atoms with Crippen molar-refractivity contribution in [2.45, 2.75) is 31.1 Å². The lowest BCUT2D eigenvalue weighted by Gasteiger charge is -2.19. The Morgan fingerprint density at radius 2 is 2.03 bits per heavy atom. The van der Waals surface area contributed by atoms with Gasteiger partial charge in [-0.25, -0.2) is 4.39 Å². The van der Waals surface area contributed by atoms with Crippen molar-refractivity contribution in [2.75, 3.05) is 20.1 Å². The molecule has 0 radical (unpaired) electrons. The number of pyridine rings is 1. The summed E-state index contributed by atoms with van der Waals surface area (Å²) in [7, 11) is 1.77. The highest BCUT2D eigenvalue weighted by Crippen LogP contribution is 2.47. The molecule has 1 aromatic carbocycles. The van der Waals surface area contributed by atoms with Crippen molar-refractivity contribution >= 4 is 35.6 Å². The third kappa shape index (κ3) is 5.04. The SMILES string of the molecule is CN=C(NCCCc1nnc2ccccn12)NCC1(c2cccc(F)c2)CC1.I. The van der Waals surface area contributed by atoms with Crippen LogP contribution in [0.2, 0.25) is 0 Å². The molecular weight excluding hydrogens is 482 g/mol. The second-order valence-corrected chi connectivity index (χ2v) is 7.29. The standard InChI is InChI=1S/C21H25FN6.HI/c1-23-20(25-15-21(10-11-21)16-6-4-7-17(22)14-16)24-12-5-9-19-27-26-18-8-2-3-13-28(18)19;/h2-4,6-8,13-14H,5,9-12,15H2,1H3,(H2,23,24,25);1H. The van der Waals surface area contributed by atoms with Gasteiger partial charge in [-0.3, -0.25) is 9.39 Å². The second-order valence-electron chi connectivity index (χ2n) is 7.29. The molecule has 0 spiro atoms. The summed E-state index contributed by atoms with van der Waals surface area (Å²) in [5, 5.41) is 15.2. The van der Waals surface area contributed by atoms with E-state index in [4.69, 9.17) is 0 Å². The molecule has 29 heavy (non-hydrogen) atoms. The molecule has 0 unspecified atom stereocenters. The van der Waals surface area contributed by atoms with Crippen LogP contribution in [0.25, 0.3) is 5.65 Å². The van der Waals surface area contributed by atoms with Crippen LogP contribution < -0.4 is 10.6 Å². The van der Waals surface area contributed by atoms with E-state index < -0.39 is 0 Å². The highest BCUT2D eigenvalue weighted by atomic mass is 127. The van der Waals surface area contributed by atoms with Crippen molar-refractivity contribution in [2.24, 2.45) is 4.99 Å². The van der Waals surface area contributed by atoms with Gasteiger partial charge in [0, 0.05) is 38.2 Å². The molecule has 1 aliphatic carbocycles. The van der Waals surface area contributed by atoms with Crippen molar-refractivity contribution in [3.63, 3.8) is 0 Å². The Morgan fingerprint density at radius 1 is 1.17 bits per heavy atom. The number of aromatic nitrogens is 3. The number of nitrogens with zero attached hydrogens (tertiary/aromatic N) is 4. The molecule has 2 N–H and O–H groups in total. The van der Waals surface area contributed by atoms with E-state index in [-0.39, 0.29) is 35.2 Å². The molecule has 3 aromatic rings. The van der Waals surface area contributed by atoms with Gasteiger partial charge in [-0.15, -0.1) is 34.2 Å². The largest absolute Gasteiger partial charge is 0.356 e. The van der Waals surface area contributed by atoms with E-state index in [2.05, 4.69) is 25.8 Å². The minimum absolute atomic E-state index is 0. The number of benzene rings is 1. The van der Waals surface area contributed by atoms with E-state index in [1.165, 1.54) is 6.07 Å². The number of hydrogen-bond acceptors (Lipinski definition) is 3. The van der Waals surface area contributed by atoms with Gasteiger partial charge in [-0.05, 0) is 49.1 Å². The Labute approximate surface area is 187 Å². The van der Waals surface area contributed by atoms with Crippen LogP contribution in [0.3, 0.4) is 0 Å². The molecule has 0 atom stereocenters. The fraction of sp³-hybridized carbons (Fsp3) is 0.381. The van der Waals surface area contributed by atoms with E-state index in [0.29, 0.717) is 0 Å². The lowest BCUT2D eigenvalue weighted by molar-refractivity contribution is 0.606. The molecule has 154 valence electrons. The van der Waals surface area contributed by atoms with Gasteiger partial charge in [0.25, 0.3) is 0 Å². The minimum Gasteiger partial charge on any atom is -0.356 e. The predicted octanol–water partition coefficient (Wildman–Crippen LogP) is 3.32. The Kier molecular flexibility index (Phi) is 7.05. The Bertz CT molecular complexity index is 982. The van der Waals surface area contributed by atoms with Gasteiger partial charge in [0.15, 0.2) is 11.6 Å². The van der Waals surface area contributed by atoms with Gasteiger partial charge in [-0.2, -0.15) is 0 Å². The molecule has 4 rings (SSSR count). The van der Waals surface area contributed by atoms with Crippen LogP contribution in [-0.4, -0.2) is 40.7 Å². The zero-order valence-corrected chi connectivity index (χ0v) is 18.8. The third-order valence-corrected chi connectivity index (χ3v) is 5.36. The highest BCUT2D eigenvalue weighted by Gasteiger charge is 2.44. The summed E-state index contributed by atoms with van der Waals surface area (Å²) in [6, 6.07) is 12.8. The number of rotatable bonds is 7. The summed E-state index contributed by atoms with van der Waals surface area (Å²) in [5.41, 5.74) is 1.96. The molecule has 1 saturated carbocycles. The van der Waals surface area contributed by atoms with Crippen LogP contribution in [0.5, 0.6) is 0 Å². The molecule has 1 aliphatic rings. The maximum Gasteiger partial charge on any atom is 0.191 e. The summed E-state index contributed by atoms with van der Waals surface area (Å²) >= 11 is 0. The zero-order chi connectivity index (χ0) is 19.4. The van der Waals surface area contributed by atoms with Crippen molar-refractivity contribution in [1.82, 2.24) is 25.2 Å². The Morgan fingerprint density at radius 3 is 2.79 bits per heavy atom. The average Bonchev–Trinajstić information content (AvgIpc) is 3.41. The summed E-state index contributed by atoms with van der Waals surface area (Å²) in [6.07, 6.45) is 5.88. The molecule has 6 nitrogen and oxygen atoms in total. The summed E-state index contributed by atoms with van der Waals surface area (Å²) in [4.78, 5) is 4.30. The molecular formula is C21H26FIN6. The predicted molar refractivity (Wildman–Crippen MR) is 123 cm³/mol. The van der Waals surface area contributed by atoms with E-state index >= 15 is 0 Å². The number of fused-ring (bicyclic) bond motifs is 1. The van der Waals surface area contributed by atoms with Crippen LogP contribution in [0.1, 0.15) is 30.7 Å². The van der Waals surface area contributed by atoms with Crippen LogP contribution in [0.15, 0.2) is 53.7 Å². The lowest BCUT2D eigenvalue weighted by atomic mass is 9.96. The molecule has 0 aliphatic heterocycles. The summed E-state index contributed by atoms with van der Waals surface area (Å²) < 4.78 is 15.6. The quantitative estimate of drug-likeness (QED) is 0.223. The Hall–Kier alpha value is -2.23. The molecule has 0 amide bonds. The first-order valence-corrected chi connectivity index (χ1v) is 9.69. The van der Waals surface area contributed by atoms with Crippen molar-refractivity contribution in [1.29, 1.82) is 0 Å². The average molecular weight is 508 g/mol. The first-order valence-electron chi connectivity index (χ1n) is 9.69. The van der Waals surface area contributed by atoms with Gasteiger partial charge in [0.2, 0.25) is 0 Å². The van der Waals surface area contributed by atoms with Crippen LogP contribution in [0.4, 0.5) is 4.39 Å². The number of aryl methyl sites for hydroxylation is 1. The minimum atomic E-state index is -0.174. The van der Waals surface area contributed by atoms with Crippen molar-refractivity contribution < 1.29 is 4.39 Å². The maximum atomic E-state index is 13.5. The number of guanidine groups is 1. The van der Waals surface area contributed by atoms with Gasteiger partial charge < -0.3 is 10.6 Å². The monoisotopic (exact) mass is 508 g/mol. The first kappa shape index (κ1) is 21.5. The van der Waals surface area contributed by atoms with Gasteiger partial charge in [0.05, 0.1) is 0 Å². The molecule has 2 aromatic heterocycles. The zero-order valence-electron chi connectivity index (χ0n) is 16.4. The molecule has 0 bridgehead atoms.